The van der Waals surface area contributed by atoms with Gasteiger partial charge in [-0.05, 0) is 37.6 Å². The third-order valence-electron chi connectivity index (χ3n) is 4.74. The Balaban J connectivity index is 2.14. The minimum atomic E-state index is -3.42. The van der Waals surface area contributed by atoms with Gasteiger partial charge in [-0.15, -0.1) is 0 Å². The average molecular weight is 314 g/mol. The quantitative estimate of drug-likeness (QED) is 0.825. The molecule has 0 bridgehead atoms. The first-order valence-electron chi connectivity index (χ1n) is 7.70. The van der Waals surface area contributed by atoms with E-state index in [0.29, 0.717) is 31.1 Å². The number of hydrogen-bond donors (Lipinski definition) is 1. The van der Waals surface area contributed by atoms with Crippen molar-refractivity contribution in [3.8, 4) is 0 Å². The zero-order valence-corrected chi connectivity index (χ0v) is 13.8. The molecule has 7 heteroatoms. The van der Waals surface area contributed by atoms with Crippen LogP contribution >= 0.6 is 0 Å². The summed E-state index contributed by atoms with van der Waals surface area (Å²) in [5.41, 5.74) is 5.60. The monoisotopic (exact) mass is 314 g/mol. The second-order valence-corrected chi connectivity index (χ2v) is 7.81. The summed E-state index contributed by atoms with van der Waals surface area (Å²) < 4.78 is 28.6. The Hall–Kier alpha value is -0.920. The summed E-state index contributed by atoms with van der Waals surface area (Å²) in [7, 11) is -3.42. The topological polar surface area (TPSA) is 81.2 Å². The van der Waals surface area contributed by atoms with Gasteiger partial charge in [0, 0.05) is 25.8 Å². The molecule has 120 valence electrons. The fourth-order valence-electron chi connectivity index (χ4n) is 2.93. The van der Waals surface area contributed by atoms with Crippen LogP contribution < -0.4 is 5.73 Å². The largest absolute Gasteiger partial charge is 0.330 e. The van der Waals surface area contributed by atoms with E-state index in [1.165, 1.54) is 6.20 Å². The maximum Gasteiger partial charge on any atom is 0.246 e. The smallest absolute Gasteiger partial charge is 0.246 e. The van der Waals surface area contributed by atoms with Crippen LogP contribution in [0.1, 0.15) is 39.5 Å². The Morgan fingerprint density at radius 3 is 2.67 bits per heavy atom. The lowest BCUT2D eigenvalue weighted by Crippen LogP contribution is -2.31. The maximum absolute atomic E-state index is 12.7. The molecule has 6 nitrogen and oxygen atoms in total. The molecule has 1 aromatic rings. The lowest BCUT2D eigenvalue weighted by atomic mass is 9.82. The molecular weight excluding hydrogens is 288 g/mol. The molecule has 0 spiro atoms. The number of nitrogens with zero attached hydrogens (tertiary/aromatic N) is 3. The molecule has 0 aromatic carbocycles. The maximum atomic E-state index is 12.7. The predicted octanol–water partition coefficient (Wildman–Crippen LogP) is 1.43. The van der Waals surface area contributed by atoms with Gasteiger partial charge in [0.05, 0.1) is 6.20 Å². The van der Waals surface area contributed by atoms with Gasteiger partial charge in [0.2, 0.25) is 10.0 Å². The lowest BCUT2D eigenvalue weighted by Gasteiger charge is -2.26. The van der Waals surface area contributed by atoms with Crippen molar-refractivity contribution < 1.29 is 8.42 Å². The van der Waals surface area contributed by atoms with E-state index in [9.17, 15) is 8.42 Å². The summed E-state index contributed by atoms with van der Waals surface area (Å²) in [6.45, 7) is 6.74. The summed E-state index contributed by atoms with van der Waals surface area (Å²) >= 11 is 0. The molecule has 2 rings (SSSR count). The number of sulfonamides is 1. The average Bonchev–Trinajstić information content (AvgIpc) is 3.13. The van der Waals surface area contributed by atoms with Crippen molar-refractivity contribution in [1.29, 1.82) is 0 Å². The Morgan fingerprint density at radius 1 is 1.38 bits per heavy atom. The van der Waals surface area contributed by atoms with E-state index in [0.717, 1.165) is 25.7 Å². The van der Waals surface area contributed by atoms with E-state index in [4.69, 9.17) is 5.73 Å². The van der Waals surface area contributed by atoms with E-state index in [1.807, 2.05) is 0 Å². The van der Waals surface area contributed by atoms with Crippen LogP contribution in [0.5, 0.6) is 0 Å². The summed E-state index contributed by atoms with van der Waals surface area (Å²) in [6, 6.07) is 0. The Kier molecular flexibility index (Phi) is 5.06. The minimum Gasteiger partial charge on any atom is -0.330 e. The van der Waals surface area contributed by atoms with Crippen LogP contribution in [-0.4, -0.2) is 42.1 Å². The predicted molar refractivity (Wildman–Crippen MR) is 82.3 cm³/mol. The van der Waals surface area contributed by atoms with Gasteiger partial charge in [-0.25, -0.2) is 8.42 Å². The zero-order chi connectivity index (χ0) is 15.5. The van der Waals surface area contributed by atoms with E-state index < -0.39 is 10.0 Å². The molecule has 0 saturated carbocycles. The van der Waals surface area contributed by atoms with Gasteiger partial charge >= 0.3 is 0 Å². The summed E-state index contributed by atoms with van der Waals surface area (Å²) in [6.07, 6.45) is 6.84. The molecule has 1 aliphatic rings. The van der Waals surface area contributed by atoms with E-state index in [-0.39, 0.29) is 5.41 Å². The molecule has 1 saturated heterocycles. The fraction of sp³-hybridized carbons (Fsp3) is 0.786. The van der Waals surface area contributed by atoms with E-state index in [2.05, 4.69) is 18.9 Å². The molecule has 0 unspecified atom stereocenters. The third kappa shape index (κ3) is 3.30. The van der Waals surface area contributed by atoms with Crippen molar-refractivity contribution in [1.82, 2.24) is 14.1 Å². The van der Waals surface area contributed by atoms with Crippen LogP contribution in [-0.2, 0) is 16.6 Å². The second kappa shape index (κ2) is 6.46. The van der Waals surface area contributed by atoms with Crippen molar-refractivity contribution in [2.24, 2.45) is 11.1 Å². The number of aromatic nitrogens is 2. The van der Waals surface area contributed by atoms with Crippen LogP contribution in [0.2, 0.25) is 0 Å². The number of rotatable bonds is 7. The zero-order valence-electron chi connectivity index (χ0n) is 13.0. The number of aryl methyl sites for hydroxylation is 1. The van der Waals surface area contributed by atoms with Crippen LogP contribution in [0, 0.1) is 5.41 Å². The molecule has 2 N–H and O–H groups in total. The normalized spacial score (nSPS) is 19.2. The van der Waals surface area contributed by atoms with Crippen molar-refractivity contribution in [3.63, 3.8) is 0 Å². The first-order valence-corrected chi connectivity index (χ1v) is 9.14. The van der Waals surface area contributed by atoms with Gasteiger partial charge < -0.3 is 5.73 Å². The van der Waals surface area contributed by atoms with E-state index in [1.54, 1.807) is 15.2 Å². The van der Waals surface area contributed by atoms with Crippen LogP contribution in [0.25, 0.3) is 0 Å². The van der Waals surface area contributed by atoms with Crippen molar-refractivity contribution in [2.45, 2.75) is 51.0 Å². The number of nitrogens with two attached hydrogens (primary N) is 1. The van der Waals surface area contributed by atoms with Gasteiger partial charge in [0.1, 0.15) is 4.90 Å². The number of hydrogen-bond acceptors (Lipinski definition) is 4. The first kappa shape index (κ1) is 16.5. The molecule has 1 aromatic heterocycles. The lowest BCUT2D eigenvalue weighted by molar-refractivity contribution is 0.279. The molecular formula is C14H26N4O2S. The molecule has 1 fully saturated rings. The van der Waals surface area contributed by atoms with Gasteiger partial charge in [0.25, 0.3) is 0 Å². The van der Waals surface area contributed by atoms with Gasteiger partial charge in [-0.3, -0.25) is 4.68 Å². The standard InChI is InChI=1S/C14H26N4O2S/c1-3-14(4-2)6-9-18(12-14)21(19,20)13-10-16-17(11-13)8-5-7-15/h10-11H,3-9,12,15H2,1-2H3. The first-order chi connectivity index (χ1) is 9.97. The molecule has 0 radical (unpaired) electrons. The molecule has 0 aliphatic carbocycles. The van der Waals surface area contributed by atoms with Crippen molar-refractivity contribution in [3.05, 3.63) is 12.4 Å². The van der Waals surface area contributed by atoms with Gasteiger partial charge in [-0.1, -0.05) is 13.8 Å². The fourth-order valence-corrected chi connectivity index (χ4v) is 4.44. The minimum absolute atomic E-state index is 0.141. The highest BCUT2D eigenvalue weighted by molar-refractivity contribution is 7.89. The second-order valence-electron chi connectivity index (χ2n) is 5.88. The molecule has 0 amide bonds. The summed E-state index contributed by atoms with van der Waals surface area (Å²) in [5.74, 6) is 0. The summed E-state index contributed by atoms with van der Waals surface area (Å²) in [5, 5.41) is 4.12. The van der Waals surface area contributed by atoms with Crippen molar-refractivity contribution in [2.75, 3.05) is 19.6 Å². The van der Waals surface area contributed by atoms with Crippen molar-refractivity contribution >= 4 is 10.0 Å². The molecule has 1 aliphatic heterocycles. The highest BCUT2D eigenvalue weighted by atomic mass is 32.2. The Morgan fingerprint density at radius 2 is 2.10 bits per heavy atom. The highest BCUT2D eigenvalue weighted by Gasteiger charge is 2.40. The molecule has 2 heterocycles. The van der Waals surface area contributed by atoms with Crippen LogP contribution in [0.15, 0.2) is 17.3 Å². The third-order valence-corrected chi connectivity index (χ3v) is 6.54. The molecule has 21 heavy (non-hydrogen) atoms. The highest BCUT2D eigenvalue weighted by Crippen LogP contribution is 2.39. The van der Waals surface area contributed by atoms with Crippen LogP contribution in [0.4, 0.5) is 0 Å². The Labute approximate surface area is 127 Å². The Bertz CT molecular complexity index is 563. The van der Waals surface area contributed by atoms with Gasteiger partial charge in [-0.2, -0.15) is 9.40 Å². The molecule has 0 atom stereocenters. The van der Waals surface area contributed by atoms with Gasteiger partial charge in [0.15, 0.2) is 0 Å². The van der Waals surface area contributed by atoms with Crippen LogP contribution in [0.3, 0.4) is 0 Å². The van der Waals surface area contributed by atoms with E-state index >= 15 is 0 Å². The SMILES string of the molecule is CCC1(CC)CCN(S(=O)(=O)c2cnn(CCCN)c2)C1. The summed E-state index contributed by atoms with van der Waals surface area (Å²) in [4.78, 5) is 0.294.